The number of para-hydroxylation sites is 1. The molecule has 0 N–H and O–H groups in total. The molecule has 12 rings (SSSR count). The van der Waals surface area contributed by atoms with Gasteiger partial charge in [-0.3, -0.25) is 0 Å². The minimum absolute atomic E-state index is 0.820. The maximum Gasteiger partial charge on any atom is 0.159 e. The summed E-state index contributed by atoms with van der Waals surface area (Å²) in [4.78, 5) is 2.35. The van der Waals surface area contributed by atoms with Gasteiger partial charge in [0.25, 0.3) is 0 Å². The lowest BCUT2D eigenvalue weighted by Crippen LogP contribution is -2.10. The summed E-state index contributed by atoms with van der Waals surface area (Å²) < 4.78 is 14.0. The van der Waals surface area contributed by atoms with Crippen molar-refractivity contribution in [2.24, 2.45) is 0 Å². The van der Waals surface area contributed by atoms with Gasteiger partial charge in [0.15, 0.2) is 5.58 Å². The molecule has 0 spiro atoms. The molecule has 0 aliphatic heterocycles. The van der Waals surface area contributed by atoms with Crippen molar-refractivity contribution in [1.82, 2.24) is 0 Å². The molecular formula is C58H37NO2. The third kappa shape index (κ3) is 5.98. The van der Waals surface area contributed by atoms with Crippen molar-refractivity contribution >= 4 is 71.7 Å². The van der Waals surface area contributed by atoms with Gasteiger partial charge in [0, 0.05) is 27.4 Å². The average Bonchev–Trinajstić information content (AvgIpc) is 3.91. The Morgan fingerprint density at radius 3 is 1.54 bits per heavy atom. The molecule has 3 nitrogen and oxygen atoms in total. The molecule has 61 heavy (non-hydrogen) atoms. The topological polar surface area (TPSA) is 29.5 Å². The summed E-state index contributed by atoms with van der Waals surface area (Å²) in [6, 6.07) is 79.7. The van der Waals surface area contributed by atoms with Gasteiger partial charge >= 0.3 is 0 Å². The van der Waals surface area contributed by atoms with E-state index in [9.17, 15) is 0 Å². The standard InChI is InChI=1S/C58H37NO2/c1-4-13-38(14-5-1)45-27-31-49-50-21-12-22-53(57(50)60-54(49)36-45)59(47-29-25-41(26-30-47)44-24-23-40-17-10-11-20-43(40)35-44)52-34-33-48(42-18-8-3-9-19-42)58-56(52)51-32-28-46(37-55(51)61-58)39-15-6-2-7-16-39/h1-37H. The number of anilines is 3. The lowest BCUT2D eigenvalue weighted by molar-refractivity contribution is 0.668. The summed E-state index contributed by atoms with van der Waals surface area (Å²) in [6.07, 6.45) is 0. The normalized spacial score (nSPS) is 11.6. The van der Waals surface area contributed by atoms with Gasteiger partial charge in [0.05, 0.1) is 16.8 Å². The molecule has 0 bridgehead atoms. The second-order valence-electron chi connectivity index (χ2n) is 15.7. The summed E-state index contributed by atoms with van der Waals surface area (Å²) in [5.41, 5.74) is 15.3. The molecule has 0 radical (unpaired) electrons. The van der Waals surface area contributed by atoms with Crippen LogP contribution in [0.2, 0.25) is 0 Å². The van der Waals surface area contributed by atoms with E-state index in [0.29, 0.717) is 0 Å². The van der Waals surface area contributed by atoms with Crippen LogP contribution < -0.4 is 4.90 Å². The van der Waals surface area contributed by atoms with Crippen LogP contribution >= 0.6 is 0 Å². The molecule has 2 heterocycles. The second-order valence-corrected chi connectivity index (χ2v) is 15.7. The molecule has 0 aliphatic rings. The number of fused-ring (bicyclic) bond motifs is 7. The zero-order valence-corrected chi connectivity index (χ0v) is 33.1. The van der Waals surface area contributed by atoms with Gasteiger partial charge in [0.2, 0.25) is 0 Å². The van der Waals surface area contributed by atoms with Crippen LogP contribution in [0.5, 0.6) is 0 Å². The van der Waals surface area contributed by atoms with E-state index in [0.717, 1.165) is 99.9 Å². The third-order valence-electron chi connectivity index (χ3n) is 12.1. The fourth-order valence-electron chi connectivity index (χ4n) is 9.05. The zero-order valence-electron chi connectivity index (χ0n) is 33.1. The molecule has 0 aliphatic carbocycles. The Morgan fingerprint density at radius 1 is 0.295 bits per heavy atom. The first-order valence-electron chi connectivity index (χ1n) is 20.7. The number of rotatable bonds is 7. The van der Waals surface area contributed by atoms with Crippen LogP contribution in [0.25, 0.3) is 99.2 Å². The summed E-state index contributed by atoms with van der Waals surface area (Å²) in [7, 11) is 0. The highest BCUT2D eigenvalue weighted by Crippen LogP contribution is 2.49. The van der Waals surface area contributed by atoms with Gasteiger partial charge in [-0.05, 0) is 110 Å². The molecule has 3 heteroatoms. The van der Waals surface area contributed by atoms with E-state index >= 15 is 0 Å². The van der Waals surface area contributed by atoms with Crippen molar-refractivity contribution in [2.45, 2.75) is 0 Å². The van der Waals surface area contributed by atoms with Crippen molar-refractivity contribution < 1.29 is 8.83 Å². The fourth-order valence-corrected chi connectivity index (χ4v) is 9.05. The molecule has 0 amide bonds. The Hall–Kier alpha value is -8.14. The second kappa shape index (κ2) is 14.3. The average molecular weight is 780 g/mol. The molecule has 0 saturated carbocycles. The predicted molar refractivity (Wildman–Crippen MR) is 255 cm³/mol. The Labute approximate surface area is 353 Å². The number of hydrogen-bond acceptors (Lipinski definition) is 3. The molecule has 0 fully saturated rings. The van der Waals surface area contributed by atoms with Gasteiger partial charge in [-0.1, -0.05) is 164 Å². The van der Waals surface area contributed by atoms with Crippen LogP contribution in [-0.4, -0.2) is 0 Å². The minimum Gasteiger partial charge on any atom is -0.455 e. The van der Waals surface area contributed by atoms with Crippen LogP contribution in [0.4, 0.5) is 17.1 Å². The molecule has 0 atom stereocenters. The largest absolute Gasteiger partial charge is 0.455 e. The van der Waals surface area contributed by atoms with Crippen molar-refractivity contribution in [3.05, 3.63) is 224 Å². The van der Waals surface area contributed by atoms with Crippen LogP contribution in [0.3, 0.4) is 0 Å². The van der Waals surface area contributed by atoms with Gasteiger partial charge < -0.3 is 13.7 Å². The van der Waals surface area contributed by atoms with E-state index in [1.54, 1.807) is 0 Å². The quantitative estimate of drug-likeness (QED) is 0.161. The molecule has 286 valence electrons. The summed E-state index contributed by atoms with van der Waals surface area (Å²) in [5, 5.41) is 6.68. The Kier molecular flexibility index (Phi) is 8.17. The lowest BCUT2D eigenvalue weighted by atomic mass is 9.98. The number of benzene rings is 10. The van der Waals surface area contributed by atoms with Crippen molar-refractivity contribution in [3.8, 4) is 44.5 Å². The monoisotopic (exact) mass is 779 g/mol. The maximum atomic E-state index is 7.02. The number of hydrogen-bond donors (Lipinski definition) is 0. The van der Waals surface area contributed by atoms with Gasteiger partial charge in [-0.25, -0.2) is 0 Å². The van der Waals surface area contributed by atoms with E-state index in [-0.39, 0.29) is 0 Å². The predicted octanol–water partition coefficient (Wildman–Crippen LogP) is 16.8. The molecule has 10 aromatic carbocycles. The molecule has 0 saturated heterocycles. The van der Waals surface area contributed by atoms with E-state index in [1.807, 2.05) is 6.07 Å². The maximum absolute atomic E-state index is 7.02. The van der Waals surface area contributed by atoms with Crippen molar-refractivity contribution in [1.29, 1.82) is 0 Å². The Bertz CT molecular complexity index is 3570. The molecular weight excluding hydrogens is 743 g/mol. The highest BCUT2D eigenvalue weighted by molar-refractivity contribution is 6.19. The van der Waals surface area contributed by atoms with Gasteiger partial charge in [0.1, 0.15) is 16.7 Å². The van der Waals surface area contributed by atoms with Crippen molar-refractivity contribution in [2.75, 3.05) is 4.90 Å². The van der Waals surface area contributed by atoms with Crippen LogP contribution in [0, 0.1) is 0 Å². The summed E-state index contributed by atoms with van der Waals surface area (Å²) in [6.45, 7) is 0. The van der Waals surface area contributed by atoms with Crippen molar-refractivity contribution in [3.63, 3.8) is 0 Å². The summed E-state index contributed by atoms with van der Waals surface area (Å²) >= 11 is 0. The van der Waals surface area contributed by atoms with Crippen LogP contribution in [0.1, 0.15) is 0 Å². The molecule has 0 unspecified atom stereocenters. The molecule has 2 aromatic heterocycles. The van der Waals surface area contributed by atoms with Gasteiger partial charge in [-0.15, -0.1) is 0 Å². The Morgan fingerprint density at radius 2 is 0.836 bits per heavy atom. The third-order valence-corrected chi connectivity index (χ3v) is 12.1. The summed E-state index contributed by atoms with van der Waals surface area (Å²) in [5.74, 6) is 0. The first-order valence-corrected chi connectivity index (χ1v) is 20.7. The smallest absolute Gasteiger partial charge is 0.159 e. The highest BCUT2D eigenvalue weighted by Gasteiger charge is 2.25. The van der Waals surface area contributed by atoms with E-state index in [2.05, 4.69) is 223 Å². The molecule has 12 aromatic rings. The number of nitrogens with zero attached hydrogens (tertiary/aromatic N) is 1. The van der Waals surface area contributed by atoms with E-state index in [4.69, 9.17) is 8.83 Å². The van der Waals surface area contributed by atoms with Crippen LogP contribution in [0.15, 0.2) is 233 Å². The van der Waals surface area contributed by atoms with E-state index < -0.39 is 0 Å². The SMILES string of the molecule is c1ccc(-c2ccc3c(c2)oc2c(N(c4ccc(-c5ccc6ccccc6c5)cc4)c4ccc(-c5ccccc5)c5oc6cc(-c7ccccc7)ccc6c45)cccc23)cc1. The minimum atomic E-state index is 0.820. The van der Waals surface area contributed by atoms with E-state index in [1.165, 1.54) is 16.3 Å². The first kappa shape index (κ1) is 34.9. The first-order chi connectivity index (χ1) is 30.2. The zero-order chi connectivity index (χ0) is 40.3. The number of furan rings is 2. The lowest BCUT2D eigenvalue weighted by Gasteiger charge is -2.27. The van der Waals surface area contributed by atoms with Crippen LogP contribution in [-0.2, 0) is 0 Å². The van der Waals surface area contributed by atoms with Gasteiger partial charge in [-0.2, -0.15) is 0 Å². The highest BCUT2D eigenvalue weighted by atomic mass is 16.3. The Balaban J connectivity index is 1.10. The fraction of sp³-hybridized carbons (Fsp3) is 0.